The lowest BCUT2D eigenvalue weighted by Gasteiger charge is -2.12. The van der Waals surface area contributed by atoms with Crippen LogP contribution in [0.4, 0.5) is 5.69 Å². The van der Waals surface area contributed by atoms with Crippen LogP contribution >= 0.6 is 47.2 Å². The lowest BCUT2D eigenvalue weighted by Crippen LogP contribution is -2.35. The molecule has 4 rings (SSSR count). The van der Waals surface area contributed by atoms with E-state index < -0.39 is 0 Å². The van der Waals surface area contributed by atoms with Gasteiger partial charge < -0.3 is 15.1 Å². The first kappa shape index (κ1) is 22.6. The van der Waals surface area contributed by atoms with E-state index in [9.17, 15) is 4.79 Å². The van der Waals surface area contributed by atoms with Gasteiger partial charge in [0.1, 0.15) is 5.52 Å². The number of hydrogen-bond donors (Lipinski definition) is 2. The Morgan fingerprint density at radius 3 is 2.59 bits per heavy atom. The predicted octanol–water partition coefficient (Wildman–Crippen LogP) is 6.72. The second-order valence-corrected chi connectivity index (χ2v) is 9.24. The number of carbonyl (C=O) groups excluding carboxylic acids is 1. The van der Waals surface area contributed by atoms with Gasteiger partial charge in [0.15, 0.2) is 10.7 Å². The number of aryl methyl sites for hydroxylation is 1. The van der Waals surface area contributed by atoms with Crippen LogP contribution in [0.1, 0.15) is 5.56 Å². The number of halogens is 2. The zero-order valence-corrected chi connectivity index (χ0v) is 20.0. The van der Waals surface area contributed by atoms with E-state index in [4.69, 9.17) is 39.8 Å². The van der Waals surface area contributed by atoms with Crippen LogP contribution in [0.3, 0.4) is 0 Å². The van der Waals surface area contributed by atoms with Crippen molar-refractivity contribution >= 4 is 75.0 Å². The number of carbonyl (C=O) groups is 1. The highest BCUT2D eigenvalue weighted by Gasteiger charge is 2.12. The minimum atomic E-state index is -0.202. The first-order chi connectivity index (χ1) is 15.4. The molecule has 1 heterocycles. The minimum absolute atomic E-state index is 0.202. The van der Waals surface area contributed by atoms with E-state index in [1.54, 1.807) is 30.3 Å². The predicted molar refractivity (Wildman–Crippen MR) is 136 cm³/mol. The molecule has 9 heteroatoms. The number of aromatic nitrogens is 1. The van der Waals surface area contributed by atoms with Crippen molar-refractivity contribution in [1.82, 2.24) is 10.3 Å². The van der Waals surface area contributed by atoms with Crippen LogP contribution in [-0.4, -0.2) is 21.8 Å². The molecule has 3 aromatic carbocycles. The number of thioether (sulfide) groups is 1. The van der Waals surface area contributed by atoms with Gasteiger partial charge in [0.2, 0.25) is 11.8 Å². The molecule has 0 aliphatic rings. The Bertz CT molecular complexity index is 1310. The Morgan fingerprint density at radius 2 is 1.81 bits per heavy atom. The van der Waals surface area contributed by atoms with Gasteiger partial charge in [0.25, 0.3) is 0 Å². The smallest absolute Gasteiger partial charge is 0.236 e. The molecule has 2 N–H and O–H groups in total. The summed E-state index contributed by atoms with van der Waals surface area (Å²) in [6, 6.07) is 18.3. The maximum Gasteiger partial charge on any atom is 0.236 e. The van der Waals surface area contributed by atoms with E-state index >= 15 is 0 Å². The van der Waals surface area contributed by atoms with Gasteiger partial charge in [-0.1, -0.05) is 29.3 Å². The highest BCUT2D eigenvalue weighted by molar-refractivity contribution is 8.00. The van der Waals surface area contributed by atoms with Gasteiger partial charge in [-0.3, -0.25) is 4.79 Å². The summed E-state index contributed by atoms with van der Waals surface area (Å²) < 4.78 is 5.84. The molecule has 0 aliphatic heterocycles. The molecular formula is C23H17Cl2N3O2S2. The number of amides is 1. The number of fused-ring (bicyclic) bond motifs is 1. The highest BCUT2D eigenvalue weighted by Crippen LogP contribution is 2.29. The summed E-state index contributed by atoms with van der Waals surface area (Å²) in [5.74, 6) is 0.500. The Balaban J connectivity index is 1.41. The molecule has 5 nitrogen and oxygen atoms in total. The van der Waals surface area contributed by atoms with Crippen LogP contribution in [0.15, 0.2) is 70.0 Å². The molecule has 0 radical (unpaired) electrons. The average molecular weight is 502 g/mol. The number of nitrogens with zero attached hydrogens (tertiary/aromatic N) is 1. The topological polar surface area (TPSA) is 67.2 Å². The van der Waals surface area contributed by atoms with Gasteiger partial charge in [-0.15, -0.1) is 11.8 Å². The summed E-state index contributed by atoms with van der Waals surface area (Å²) in [5, 5.41) is 7.26. The van der Waals surface area contributed by atoms with E-state index in [1.165, 1.54) is 11.8 Å². The van der Waals surface area contributed by atoms with Crippen molar-refractivity contribution in [2.45, 2.75) is 11.8 Å². The SMILES string of the molecule is Cc1ccc(-c2nc3cc(Cl)ccc3o2)cc1NC(=S)NC(=O)CSc1ccc(Cl)cc1. The third kappa shape index (κ3) is 5.61. The number of anilines is 1. The normalized spacial score (nSPS) is 10.8. The monoisotopic (exact) mass is 501 g/mol. The van der Waals surface area contributed by atoms with Crippen LogP contribution in [0.25, 0.3) is 22.6 Å². The van der Waals surface area contributed by atoms with Crippen molar-refractivity contribution in [2.75, 3.05) is 11.1 Å². The highest BCUT2D eigenvalue weighted by atomic mass is 35.5. The van der Waals surface area contributed by atoms with Gasteiger partial charge >= 0.3 is 0 Å². The Morgan fingerprint density at radius 1 is 1.06 bits per heavy atom. The number of oxazole rings is 1. The number of nitrogens with one attached hydrogen (secondary N) is 2. The third-order valence-corrected chi connectivity index (χ3v) is 6.22. The Labute approximate surface area is 204 Å². The molecule has 32 heavy (non-hydrogen) atoms. The summed E-state index contributed by atoms with van der Waals surface area (Å²) in [4.78, 5) is 17.7. The van der Waals surface area contributed by atoms with E-state index in [-0.39, 0.29) is 16.8 Å². The second kappa shape index (κ2) is 9.92. The van der Waals surface area contributed by atoms with Crippen LogP contribution in [0.5, 0.6) is 0 Å². The molecule has 0 fully saturated rings. The van der Waals surface area contributed by atoms with E-state index in [1.807, 2.05) is 37.3 Å². The summed E-state index contributed by atoms with van der Waals surface area (Å²) in [7, 11) is 0. The maximum atomic E-state index is 12.3. The molecule has 0 saturated heterocycles. The minimum Gasteiger partial charge on any atom is -0.436 e. The molecule has 0 bridgehead atoms. The molecule has 1 aromatic heterocycles. The van der Waals surface area contributed by atoms with Gasteiger partial charge in [-0.2, -0.15) is 0 Å². The van der Waals surface area contributed by atoms with Gasteiger partial charge in [-0.05, 0) is 79.3 Å². The van der Waals surface area contributed by atoms with Crippen molar-refractivity contribution in [3.63, 3.8) is 0 Å². The zero-order chi connectivity index (χ0) is 22.7. The summed E-state index contributed by atoms with van der Waals surface area (Å²) in [6.45, 7) is 1.94. The van der Waals surface area contributed by atoms with E-state index in [2.05, 4.69) is 15.6 Å². The molecule has 0 saturated carbocycles. The number of rotatable bonds is 5. The molecule has 4 aromatic rings. The second-order valence-electron chi connectivity index (χ2n) is 6.91. The van der Waals surface area contributed by atoms with Crippen molar-refractivity contribution in [1.29, 1.82) is 0 Å². The summed E-state index contributed by atoms with van der Waals surface area (Å²) in [6.07, 6.45) is 0. The fraction of sp³-hybridized carbons (Fsp3) is 0.0870. The fourth-order valence-corrected chi connectivity index (χ4v) is 4.12. The van der Waals surface area contributed by atoms with Crippen LogP contribution in [0, 0.1) is 6.92 Å². The zero-order valence-electron chi connectivity index (χ0n) is 16.8. The first-order valence-electron chi connectivity index (χ1n) is 9.54. The molecule has 0 unspecified atom stereocenters. The molecule has 0 atom stereocenters. The summed E-state index contributed by atoms with van der Waals surface area (Å²) >= 11 is 18.6. The third-order valence-electron chi connectivity index (χ3n) is 4.52. The quantitative estimate of drug-likeness (QED) is 0.233. The van der Waals surface area contributed by atoms with Crippen molar-refractivity contribution in [2.24, 2.45) is 0 Å². The maximum absolute atomic E-state index is 12.3. The van der Waals surface area contributed by atoms with Crippen molar-refractivity contribution in [3.8, 4) is 11.5 Å². The fourth-order valence-electron chi connectivity index (χ4n) is 2.91. The standard InChI is InChI=1S/C23H17Cl2N3O2S2/c1-13-2-3-14(22-26-19-11-16(25)6-9-20(19)30-22)10-18(13)27-23(31)28-21(29)12-32-17-7-4-15(24)5-8-17/h2-11H,12H2,1H3,(H2,27,28,29,31). The van der Waals surface area contributed by atoms with E-state index in [0.29, 0.717) is 27.0 Å². The average Bonchev–Trinajstić information content (AvgIpc) is 3.18. The molecule has 0 spiro atoms. The molecule has 162 valence electrons. The first-order valence-corrected chi connectivity index (χ1v) is 11.7. The Kier molecular flexibility index (Phi) is 7.01. The van der Waals surface area contributed by atoms with E-state index in [0.717, 1.165) is 21.7 Å². The van der Waals surface area contributed by atoms with Gasteiger partial charge in [0.05, 0.1) is 5.75 Å². The van der Waals surface area contributed by atoms with Crippen LogP contribution in [-0.2, 0) is 4.79 Å². The lowest BCUT2D eigenvalue weighted by atomic mass is 10.1. The van der Waals surface area contributed by atoms with Crippen molar-refractivity contribution < 1.29 is 9.21 Å². The Hall–Kier alpha value is -2.58. The molecule has 1 amide bonds. The summed E-state index contributed by atoms with van der Waals surface area (Å²) in [5.41, 5.74) is 3.82. The number of hydrogen-bond acceptors (Lipinski definition) is 5. The molecular weight excluding hydrogens is 485 g/mol. The van der Waals surface area contributed by atoms with Crippen LogP contribution in [0.2, 0.25) is 10.0 Å². The lowest BCUT2D eigenvalue weighted by molar-refractivity contribution is -0.117. The van der Waals surface area contributed by atoms with Crippen molar-refractivity contribution in [3.05, 3.63) is 76.3 Å². The number of benzene rings is 3. The van der Waals surface area contributed by atoms with Gasteiger partial charge in [0, 0.05) is 26.2 Å². The van der Waals surface area contributed by atoms with Crippen LogP contribution < -0.4 is 10.6 Å². The molecule has 0 aliphatic carbocycles. The largest absolute Gasteiger partial charge is 0.436 e. The van der Waals surface area contributed by atoms with Gasteiger partial charge in [-0.25, -0.2) is 4.98 Å². The number of thiocarbonyl (C=S) groups is 1.